The maximum absolute atomic E-state index is 12.7. The van der Waals surface area contributed by atoms with Gasteiger partial charge in [0.05, 0.1) is 5.02 Å². The van der Waals surface area contributed by atoms with Crippen LogP contribution >= 0.6 is 11.6 Å². The number of aromatic nitrogens is 1. The average molecular weight is 397 g/mol. The summed E-state index contributed by atoms with van der Waals surface area (Å²) in [5.74, 6) is 0.948. The number of anilines is 1. The summed E-state index contributed by atoms with van der Waals surface area (Å²) >= 11 is 6.22. The summed E-state index contributed by atoms with van der Waals surface area (Å²) in [4.78, 5) is 17.0. The molecule has 0 saturated heterocycles. The second kappa shape index (κ2) is 8.61. The smallest absolute Gasteiger partial charge is 0.262 e. The molecular formula is C23H25ClN2O2. The van der Waals surface area contributed by atoms with Gasteiger partial charge in [0.25, 0.3) is 5.91 Å². The number of nitrogens with zero attached hydrogens (tertiary/aromatic N) is 1. The van der Waals surface area contributed by atoms with E-state index in [0.29, 0.717) is 28.1 Å². The summed E-state index contributed by atoms with van der Waals surface area (Å²) in [5.41, 5.74) is 3.78. The normalized spacial score (nSPS) is 11.2. The molecule has 3 rings (SSSR count). The third-order valence-electron chi connectivity index (χ3n) is 4.68. The van der Waals surface area contributed by atoms with Gasteiger partial charge in [0, 0.05) is 17.3 Å². The monoisotopic (exact) mass is 396 g/mol. The minimum atomic E-state index is -0.200. The number of pyridine rings is 1. The van der Waals surface area contributed by atoms with Crippen molar-refractivity contribution in [2.75, 3.05) is 11.9 Å². The third kappa shape index (κ3) is 4.28. The molecule has 2 aromatic carbocycles. The lowest BCUT2D eigenvalue weighted by molar-refractivity contribution is -0.118. The van der Waals surface area contributed by atoms with Gasteiger partial charge in [-0.3, -0.25) is 9.78 Å². The molecule has 1 N–H and O–H groups in total. The van der Waals surface area contributed by atoms with Gasteiger partial charge in [-0.1, -0.05) is 57.5 Å². The van der Waals surface area contributed by atoms with Gasteiger partial charge in [-0.2, -0.15) is 0 Å². The van der Waals surface area contributed by atoms with Crippen LogP contribution in [0, 0.1) is 0 Å². The molecule has 146 valence electrons. The van der Waals surface area contributed by atoms with Crippen molar-refractivity contribution in [2.24, 2.45) is 0 Å². The molecule has 4 nitrogen and oxygen atoms in total. The van der Waals surface area contributed by atoms with Crippen LogP contribution in [-0.2, 0) is 4.79 Å². The zero-order chi connectivity index (χ0) is 20.3. The van der Waals surface area contributed by atoms with Crippen LogP contribution in [0.3, 0.4) is 0 Å². The standard InChI is InChI=1S/C23H25ClN2O2/c1-14(2)16-7-5-8-17(15(3)4)22(16)26-21(27)13-28-20-11-10-19(24)18-9-6-12-25-23(18)20/h5-12,14-15H,13H2,1-4H3,(H,26,27). The number of hydrogen-bond acceptors (Lipinski definition) is 3. The van der Waals surface area contributed by atoms with E-state index in [1.807, 2.05) is 18.2 Å². The Morgan fingerprint density at radius 2 is 1.71 bits per heavy atom. The minimum absolute atomic E-state index is 0.0999. The molecule has 0 fully saturated rings. The van der Waals surface area contributed by atoms with Crippen molar-refractivity contribution in [3.63, 3.8) is 0 Å². The predicted octanol–water partition coefficient (Wildman–Crippen LogP) is 6.15. The largest absolute Gasteiger partial charge is 0.481 e. The van der Waals surface area contributed by atoms with Crippen LogP contribution in [0.25, 0.3) is 10.9 Å². The molecule has 3 aromatic rings. The lowest BCUT2D eigenvalue weighted by atomic mass is 9.92. The molecule has 0 aliphatic rings. The number of rotatable bonds is 6. The maximum atomic E-state index is 12.7. The van der Waals surface area contributed by atoms with Crippen LogP contribution < -0.4 is 10.1 Å². The van der Waals surface area contributed by atoms with E-state index in [0.717, 1.165) is 22.2 Å². The predicted molar refractivity (Wildman–Crippen MR) is 115 cm³/mol. The van der Waals surface area contributed by atoms with Crippen molar-refractivity contribution in [2.45, 2.75) is 39.5 Å². The molecule has 1 heterocycles. The summed E-state index contributed by atoms with van der Waals surface area (Å²) in [5, 5.41) is 4.47. The Labute approximate surface area is 170 Å². The molecule has 0 radical (unpaired) electrons. The van der Waals surface area contributed by atoms with Gasteiger partial charge in [-0.05, 0) is 47.2 Å². The number of halogens is 1. The number of amides is 1. The fourth-order valence-electron chi connectivity index (χ4n) is 3.24. The molecule has 5 heteroatoms. The Morgan fingerprint density at radius 3 is 2.36 bits per heavy atom. The fraction of sp³-hybridized carbons (Fsp3) is 0.304. The molecule has 28 heavy (non-hydrogen) atoms. The Bertz CT molecular complexity index is 973. The van der Waals surface area contributed by atoms with Crippen molar-refractivity contribution in [1.29, 1.82) is 0 Å². The van der Waals surface area contributed by atoms with Crippen LogP contribution in [0.1, 0.15) is 50.7 Å². The number of nitrogens with one attached hydrogen (secondary N) is 1. The van der Waals surface area contributed by atoms with E-state index < -0.39 is 0 Å². The summed E-state index contributed by atoms with van der Waals surface area (Å²) in [6.45, 7) is 8.39. The van der Waals surface area contributed by atoms with E-state index >= 15 is 0 Å². The molecule has 0 bridgehead atoms. The fourth-order valence-corrected chi connectivity index (χ4v) is 3.46. The third-order valence-corrected chi connectivity index (χ3v) is 5.01. The quantitative estimate of drug-likeness (QED) is 0.543. The van der Waals surface area contributed by atoms with Crippen LogP contribution in [0.2, 0.25) is 5.02 Å². The first-order valence-electron chi connectivity index (χ1n) is 9.47. The van der Waals surface area contributed by atoms with Gasteiger partial charge in [-0.15, -0.1) is 0 Å². The second-order valence-corrected chi connectivity index (χ2v) is 7.81. The number of hydrogen-bond donors (Lipinski definition) is 1. The first-order chi connectivity index (χ1) is 13.4. The molecular weight excluding hydrogens is 372 g/mol. The van der Waals surface area contributed by atoms with Crippen molar-refractivity contribution in [1.82, 2.24) is 4.98 Å². The average Bonchev–Trinajstić information content (AvgIpc) is 2.67. The van der Waals surface area contributed by atoms with Crippen molar-refractivity contribution in [3.05, 3.63) is 64.8 Å². The van der Waals surface area contributed by atoms with Crippen LogP contribution in [0.4, 0.5) is 5.69 Å². The highest BCUT2D eigenvalue weighted by molar-refractivity contribution is 6.35. The van der Waals surface area contributed by atoms with E-state index in [4.69, 9.17) is 16.3 Å². The Kier molecular flexibility index (Phi) is 6.20. The SMILES string of the molecule is CC(C)c1cccc(C(C)C)c1NC(=O)COc1ccc(Cl)c2cccnc12. The van der Waals surface area contributed by atoms with Crippen molar-refractivity contribution >= 4 is 34.1 Å². The topological polar surface area (TPSA) is 51.2 Å². The summed E-state index contributed by atoms with van der Waals surface area (Å²) in [7, 11) is 0. The molecule has 0 unspecified atom stereocenters. The van der Waals surface area contributed by atoms with Gasteiger partial charge >= 0.3 is 0 Å². The second-order valence-electron chi connectivity index (χ2n) is 7.40. The molecule has 0 aliphatic heterocycles. The number of carbonyl (C=O) groups is 1. The van der Waals surface area contributed by atoms with Gasteiger partial charge in [0.2, 0.25) is 0 Å². The Morgan fingerprint density at radius 1 is 1.04 bits per heavy atom. The summed E-state index contributed by atoms with van der Waals surface area (Å²) < 4.78 is 5.78. The van der Waals surface area contributed by atoms with Gasteiger partial charge in [-0.25, -0.2) is 0 Å². The molecule has 1 amide bonds. The van der Waals surface area contributed by atoms with Crippen molar-refractivity contribution in [3.8, 4) is 5.75 Å². The van der Waals surface area contributed by atoms with E-state index in [1.54, 1.807) is 18.3 Å². The molecule has 0 aliphatic carbocycles. The Balaban J connectivity index is 1.80. The zero-order valence-electron chi connectivity index (χ0n) is 16.6. The van der Waals surface area contributed by atoms with Gasteiger partial charge in [0.15, 0.2) is 6.61 Å². The Hall–Kier alpha value is -2.59. The lowest BCUT2D eigenvalue weighted by Gasteiger charge is -2.20. The molecule has 0 atom stereocenters. The van der Waals surface area contributed by atoms with E-state index in [9.17, 15) is 4.79 Å². The first kappa shape index (κ1) is 20.2. The van der Waals surface area contributed by atoms with Crippen LogP contribution in [0.5, 0.6) is 5.75 Å². The van der Waals surface area contributed by atoms with Gasteiger partial charge < -0.3 is 10.1 Å². The summed E-state index contributed by atoms with van der Waals surface area (Å²) in [6, 6.07) is 13.4. The maximum Gasteiger partial charge on any atom is 0.262 e. The molecule has 0 saturated carbocycles. The highest BCUT2D eigenvalue weighted by atomic mass is 35.5. The minimum Gasteiger partial charge on any atom is -0.481 e. The first-order valence-corrected chi connectivity index (χ1v) is 9.85. The summed E-state index contributed by atoms with van der Waals surface area (Å²) in [6.07, 6.45) is 1.68. The molecule has 0 spiro atoms. The van der Waals surface area contributed by atoms with E-state index in [2.05, 4.69) is 50.1 Å². The number of para-hydroxylation sites is 1. The lowest BCUT2D eigenvalue weighted by Crippen LogP contribution is -2.22. The highest BCUT2D eigenvalue weighted by Crippen LogP contribution is 2.33. The van der Waals surface area contributed by atoms with E-state index in [1.165, 1.54) is 0 Å². The van der Waals surface area contributed by atoms with Crippen molar-refractivity contribution < 1.29 is 9.53 Å². The molecule has 1 aromatic heterocycles. The van der Waals surface area contributed by atoms with Crippen LogP contribution in [-0.4, -0.2) is 17.5 Å². The number of fused-ring (bicyclic) bond motifs is 1. The van der Waals surface area contributed by atoms with Crippen LogP contribution in [0.15, 0.2) is 48.7 Å². The zero-order valence-corrected chi connectivity index (χ0v) is 17.4. The number of ether oxygens (including phenoxy) is 1. The number of benzene rings is 2. The number of carbonyl (C=O) groups excluding carboxylic acids is 1. The van der Waals surface area contributed by atoms with Gasteiger partial charge in [0.1, 0.15) is 11.3 Å². The highest BCUT2D eigenvalue weighted by Gasteiger charge is 2.16. The van der Waals surface area contributed by atoms with E-state index in [-0.39, 0.29) is 12.5 Å².